The van der Waals surface area contributed by atoms with Crippen molar-refractivity contribution in [1.82, 2.24) is 15.1 Å². The summed E-state index contributed by atoms with van der Waals surface area (Å²) in [6, 6.07) is 3.61. The van der Waals surface area contributed by atoms with Crippen molar-refractivity contribution in [3.8, 4) is 0 Å². The van der Waals surface area contributed by atoms with Crippen LogP contribution in [0.3, 0.4) is 0 Å². The summed E-state index contributed by atoms with van der Waals surface area (Å²) in [5.74, 6) is 0.755. The summed E-state index contributed by atoms with van der Waals surface area (Å²) in [5, 5.41) is 11.3. The van der Waals surface area contributed by atoms with Gasteiger partial charge in [0, 0.05) is 19.6 Å². The van der Waals surface area contributed by atoms with Gasteiger partial charge in [-0.1, -0.05) is 26.2 Å². The second kappa shape index (κ2) is 7.82. The minimum atomic E-state index is 0.0134. The molecular weight excluding hydrogens is 252 g/mol. The number of carbonyl (C=O) groups excluding carboxylic acids is 1. The molecule has 0 radical (unpaired) electrons. The number of anilines is 1. The Hall–Kier alpha value is -1.65. The zero-order valence-electron chi connectivity index (χ0n) is 12.3. The number of likely N-dealkylation sites (tertiary alicyclic amines) is 1. The summed E-state index contributed by atoms with van der Waals surface area (Å²) < 4.78 is 0. The van der Waals surface area contributed by atoms with Crippen LogP contribution in [0.25, 0.3) is 0 Å². The Morgan fingerprint density at radius 2 is 1.95 bits per heavy atom. The van der Waals surface area contributed by atoms with Crippen LogP contribution >= 0.6 is 0 Å². The Morgan fingerprint density at radius 3 is 2.55 bits per heavy atom. The van der Waals surface area contributed by atoms with Crippen molar-refractivity contribution in [2.45, 2.75) is 45.4 Å². The van der Waals surface area contributed by atoms with Crippen LogP contribution < -0.4 is 5.32 Å². The first-order chi connectivity index (χ1) is 9.81. The Balaban J connectivity index is 1.92. The molecule has 1 amide bonds. The Bertz CT molecular complexity index is 410. The first-order valence-corrected chi connectivity index (χ1v) is 7.68. The largest absolute Gasteiger partial charge is 0.369 e. The molecule has 5 nitrogen and oxygen atoms in total. The maximum atomic E-state index is 12.3. The summed E-state index contributed by atoms with van der Waals surface area (Å²) >= 11 is 0. The van der Waals surface area contributed by atoms with Gasteiger partial charge in [0.05, 0.1) is 0 Å². The lowest BCUT2D eigenvalue weighted by atomic mass is 10.2. The first kappa shape index (κ1) is 14.8. The van der Waals surface area contributed by atoms with Crippen LogP contribution in [0.1, 0.15) is 55.9 Å². The number of amides is 1. The van der Waals surface area contributed by atoms with Crippen LogP contribution in [0.2, 0.25) is 0 Å². The van der Waals surface area contributed by atoms with Gasteiger partial charge in [0.2, 0.25) is 0 Å². The van der Waals surface area contributed by atoms with Crippen LogP contribution in [-0.2, 0) is 0 Å². The maximum absolute atomic E-state index is 12.3. The molecule has 0 saturated carbocycles. The van der Waals surface area contributed by atoms with E-state index >= 15 is 0 Å². The van der Waals surface area contributed by atoms with Gasteiger partial charge in [0.1, 0.15) is 5.82 Å². The molecule has 0 unspecified atom stereocenters. The fourth-order valence-corrected chi connectivity index (χ4v) is 2.37. The van der Waals surface area contributed by atoms with Gasteiger partial charge >= 0.3 is 0 Å². The van der Waals surface area contributed by atoms with Gasteiger partial charge in [-0.05, 0) is 31.4 Å². The topological polar surface area (TPSA) is 58.1 Å². The van der Waals surface area contributed by atoms with Crippen LogP contribution in [0.15, 0.2) is 12.1 Å². The Morgan fingerprint density at radius 1 is 1.20 bits per heavy atom. The van der Waals surface area contributed by atoms with Crippen molar-refractivity contribution in [1.29, 1.82) is 0 Å². The van der Waals surface area contributed by atoms with Crippen molar-refractivity contribution in [2.24, 2.45) is 0 Å². The molecule has 1 aromatic heterocycles. The molecule has 110 valence electrons. The van der Waals surface area contributed by atoms with E-state index in [4.69, 9.17) is 0 Å². The van der Waals surface area contributed by atoms with Crippen LogP contribution in [0.4, 0.5) is 5.82 Å². The van der Waals surface area contributed by atoms with Gasteiger partial charge in [0.15, 0.2) is 5.69 Å². The highest BCUT2D eigenvalue weighted by Crippen LogP contribution is 2.12. The van der Waals surface area contributed by atoms with Gasteiger partial charge in [-0.2, -0.15) is 0 Å². The second-order valence-corrected chi connectivity index (χ2v) is 5.29. The molecule has 1 N–H and O–H groups in total. The van der Waals surface area contributed by atoms with Crippen LogP contribution in [0, 0.1) is 0 Å². The first-order valence-electron chi connectivity index (χ1n) is 7.68. The molecule has 0 atom stereocenters. The molecule has 2 heterocycles. The summed E-state index contributed by atoms with van der Waals surface area (Å²) in [6.45, 7) is 4.73. The van der Waals surface area contributed by atoms with Gasteiger partial charge in [-0.15, -0.1) is 10.2 Å². The van der Waals surface area contributed by atoms with E-state index in [-0.39, 0.29) is 5.91 Å². The molecule has 1 fully saturated rings. The number of nitrogens with one attached hydrogen (secondary N) is 1. The monoisotopic (exact) mass is 276 g/mol. The number of nitrogens with zero attached hydrogens (tertiary/aromatic N) is 3. The number of carbonyl (C=O) groups is 1. The SMILES string of the molecule is CCCCNc1ccc(C(=O)N2CCCCCC2)nn1. The molecule has 0 spiro atoms. The molecule has 5 heteroatoms. The minimum absolute atomic E-state index is 0.0134. The summed E-state index contributed by atoms with van der Waals surface area (Å²) in [5.41, 5.74) is 0.452. The van der Waals surface area contributed by atoms with Crippen LogP contribution in [0.5, 0.6) is 0 Å². The average molecular weight is 276 g/mol. The smallest absolute Gasteiger partial charge is 0.274 e. The average Bonchev–Trinajstić information content (AvgIpc) is 2.77. The highest BCUT2D eigenvalue weighted by Gasteiger charge is 2.18. The second-order valence-electron chi connectivity index (χ2n) is 5.29. The van der Waals surface area contributed by atoms with Crippen molar-refractivity contribution in [2.75, 3.05) is 25.0 Å². The van der Waals surface area contributed by atoms with E-state index in [2.05, 4.69) is 22.4 Å². The number of aromatic nitrogens is 2. The molecule has 0 aromatic carbocycles. The highest BCUT2D eigenvalue weighted by atomic mass is 16.2. The lowest BCUT2D eigenvalue weighted by Crippen LogP contribution is -2.32. The molecule has 1 aliphatic heterocycles. The third-order valence-corrected chi connectivity index (χ3v) is 3.61. The van der Waals surface area contributed by atoms with E-state index in [1.807, 2.05) is 11.0 Å². The summed E-state index contributed by atoms with van der Waals surface area (Å²) in [6.07, 6.45) is 6.87. The maximum Gasteiger partial charge on any atom is 0.274 e. The van der Waals surface area contributed by atoms with Gasteiger partial charge in [0.25, 0.3) is 5.91 Å². The molecule has 1 aromatic rings. The standard InChI is InChI=1S/C15H24N4O/c1-2-3-10-16-14-9-8-13(17-18-14)15(20)19-11-6-4-5-7-12-19/h8-9H,2-7,10-12H2,1H3,(H,16,18). The molecule has 1 saturated heterocycles. The highest BCUT2D eigenvalue weighted by molar-refractivity contribution is 5.92. The van der Waals surface area contributed by atoms with Crippen molar-refractivity contribution >= 4 is 11.7 Å². The predicted octanol–water partition coefficient (Wildman–Crippen LogP) is 2.70. The fourth-order valence-electron chi connectivity index (χ4n) is 2.37. The van der Waals surface area contributed by atoms with E-state index in [1.54, 1.807) is 6.07 Å². The van der Waals surface area contributed by atoms with E-state index in [0.717, 1.165) is 51.1 Å². The molecule has 1 aliphatic rings. The van der Waals surface area contributed by atoms with E-state index in [0.29, 0.717) is 5.69 Å². The Kier molecular flexibility index (Phi) is 5.77. The molecule has 0 bridgehead atoms. The molecule has 2 rings (SSSR count). The van der Waals surface area contributed by atoms with E-state index < -0.39 is 0 Å². The fraction of sp³-hybridized carbons (Fsp3) is 0.667. The van der Waals surface area contributed by atoms with Crippen molar-refractivity contribution in [3.63, 3.8) is 0 Å². The third kappa shape index (κ3) is 4.18. The summed E-state index contributed by atoms with van der Waals surface area (Å²) in [7, 11) is 0. The minimum Gasteiger partial charge on any atom is -0.369 e. The van der Waals surface area contributed by atoms with Crippen LogP contribution in [-0.4, -0.2) is 40.6 Å². The van der Waals surface area contributed by atoms with Gasteiger partial charge in [-0.3, -0.25) is 4.79 Å². The lowest BCUT2D eigenvalue weighted by molar-refractivity contribution is 0.0754. The van der Waals surface area contributed by atoms with E-state index in [9.17, 15) is 4.79 Å². The van der Waals surface area contributed by atoms with Gasteiger partial charge in [-0.25, -0.2) is 0 Å². The molecule has 20 heavy (non-hydrogen) atoms. The quantitative estimate of drug-likeness (QED) is 0.840. The number of hydrogen-bond acceptors (Lipinski definition) is 4. The third-order valence-electron chi connectivity index (χ3n) is 3.61. The normalized spacial score (nSPS) is 15.8. The number of rotatable bonds is 5. The molecule has 0 aliphatic carbocycles. The Labute approximate surface area is 120 Å². The zero-order valence-corrected chi connectivity index (χ0v) is 12.3. The van der Waals surface area contributed by atoms with Gasteiger partial charge < -0.3 is 10.2 Å². The van der Waals surface area contributed by atoms with Crippen molar-refractivity contribution < 1.29 is 4.79 Å². The zero-order chi connectivity index (χ0) is 14.2. The summed E-state index contributed by atoms with van der Waals surface area (Å²) in [4.78, 5) is 14.2. The predicted molar refractivity (Wildman–Crippen MR) is 79.8 cm³/mol. The van der Waals surface area contributed by atoms with E-state index in [1.165, 1.54) is 12.8 Å². The van der Waals surface area contributed by atoms with Crippen molar-refractivity contribution in [3.05, 3.63) is 17.8 Å². The number of unbranched alkanes of at least 4 members (excludes halogenated alkanes) is 1. The molecular formula is C15H24N4O. The number of hydrogen-bond donors (Lipinski definition) is 1. The lowest BCUT2D eigenvalue weighted by Gasteiger charge is -2.19.